The molecule has 2 rings (SSSR count). The Balaban J connectivity index is 2.30. The van der Waals surface area contributed by atoms with E-state index in [2.05, 4.69) is 18.9 Å². The van der Waals surface area contributed by atoms with Gasteiger partial charge in [-0.15, -0.1) is 0 Å². The molecule has 0 saturated carbocycles. The van der Waals surface area contributed by atoms with Crippen molar-refractivity contribution in [3.63, 3.8) is 0 Å². The number of ether oxygens (including phenoxy) is 1. The Morgan fingerprint density at radius 3 is 2.83 bits per heavy atom. The van der Waals surface area contributed by atoms with Crippen LogP contribution in [0.1, 0.15) is 25.3 Å². The second-order valence-corrected chi connectivity index (χ2v) is 5.26. The van der Waals surface area contributed by atoms with E-state index in [1.807, 2.05) is 24.3 Å². The van der Waals surface area contributed by atoms with Crippen molar-refractivity contribution in [2.24, 2.45) is 5.92 Å². The molecule has 1 heterocycles. The summed E-state index contributed by atoms with van der Waals surface area (Å²) < 4.78 is 5.26. The third-order valence-corrected chi connectivity index (χ3v) is 4.18. The van der Waals surface area contributed by atoms with Crippen LogP contribution in [-0.4, -0.2) is 37.3 Å². The van der Waals surface area contributed by atoms with Crippen LogP contribution in [0.15, 0.2) is 24.3 Å². The van der Waals surface area contributed by atoms with E-state index < -0.39 is 5.60 Å². The zero-order valence-electron chi connectivity index (χ0n) is 11.5. The highest BCUT2D eigenvalue weighted by molar-refractivity contribution is 5.33. The molecule has 18 heavy (non-hydrogen) atoms. The molecule has 1 aliphatic rings. The average Bonchev–Trinajstić information content (AvgIpc) is 2.85. The molecule has 1 fully saturated rings. The van der Waals surface area contributed by atoms with Crippen LogP contribution in [0.2, 0.25) is 0 Å². The van der Waals surface area contributed by atoms with Crippen molar-refractivity contribution in [1.29, 1.82) is 0 Å². The van der Waals surface area contributed by atoms with Gasteiger partial charge in [-0.1, -0.05) is 19.1 Å². The second-order valence-electron chi connectivity index (χ2n) is 5.26. The summed E-state index contributed by atoms with van der Waals surface area (Å²) in [5, 5.41) is 11.0. The summed E-state index contributed by atoms with van der Waals surface area (Å²) in [4.78, 5) is 2.28. The molecule has 1 saturated heterocycles. The van der Waals surface area contributed by atoms with E-state index in [1.165, 1.54) is 0 Å². The summed E-state index contributed by atoms with van der Waals surface area (Å²) in [6, 6.07) is 7.83. The number of nitrogens with zero attached hydrogens (tertiary/aromatic N) is 1. The minimum absolute atomic E-state index is 0.305. The van der Waals surface area contributed by atoms with Crippen molar-refractivity contribution in [1.82, 2.24) is 4.90 Å². The minimum atomic E-state index is -0.737. The highest BCUT2D eigenvalue weighted by Crippen LogP contribution is 2.39. The molecule has 1 aromatic rings. The van der Waals surface area contributed by atoms with Gasteiger partial charge in [0, 0.05) is 12.5 Å². The maximum absolute atomic E-state index is 11.0. The highest BCUT2D eigenvalue weighted by Gasteiger charge is 2.40. The fraction of sp³-hybridized carbons (Fsp3) is 0.600. The lowest BCUT2D eigenvalue weighted by Gasteiger charge is -2.34. The van der Waals surface area contributed by atoms with Crippen molar-refractivity contribution in [3.8, 4) is 5.75 Å². The Hall–Kier alpha value is -1.06. The maximum Gasteiger partial charge on any atom is 0.119 e. The maximum atomic E-state index is 11.0. The Bertz CT molecular complexity index is 407. The van der Waals surface area contributed by atoms with Gasteiger partial charge in [0.2, 0.25) is 0 Å². The minimum Gasteiger partial charge on any atom is -0.497 e. The number of likely N-dealkylation sites (tertiary alicyclic amines) is 1. The summed E-state index contributed by atoms with van der Waals surface area (Å²) in [5.74, 6) is 1.12. The second kappa shape index (κ2) is 5.29. The zero-order chi connectivity index (χ0) is 13.2. The van der Waals surface area contributed by atoms with Gasteiger partial charge in [0.1, 0.15) is 5.75 Å². The van der Waals surface area contributed by atoms with E-state index in [1.54, 1.807) is 7.11 Å². The first-order valence-electron chi connectivity index (χ1n) is 6.65. The third-order valence-electron chi connectivity index (χ3n) is 4.18. The molecule has 0 amide bonds. The molecular formula is C15H23NO2. The van der Waals surface area contributed by atoms with Gasteiger partial charge in [-0.05, 0) is 44.1 Å². The Morgan fingerprint density at radius 2 is 2.28 bits per heavy atom. The SMILES string of the molecule is CC[C@@](O)(c1cccc(OC)c1)[C@@H]1CCN(C)C1. The van der Waals surface area contributed by atoms with Crippen LogP contribution in [0.5, 0.6) is 5.75 Å². The molecule has 1 aliphatic heterocycles. The van der Waals surface area contributed by atoms with E-state index in [9.17, 15) is 5.11 Å². The van der Waals surface area contributed by atoms with Crippen LogP contribution in [0.3, 0.4) is 0 Å². The quantitative estimate of drug-likeness (QED) is 0.888. The molecule has 0 unspecified atom stereocenters. The molecule has 3 heteroatoms. The fourth-order valence-corrected chi connectivity index (χ4v) is 2.95. The molecular weight excluding hydrogens is 226 g/mol. The molecule has 0 bridgehead atoms. The van der Waals surface area contributed by atoms with Crippen molar-refractivity contribution < 1.29 is 9.84 Å². The van der Waals surface area contributed by atoms with Crippen molar-refractivity contribution in [2.75, 3.05) is 27.2 Å². The topological polar surface area (TPSA) is 32.7 Å². The Kier molecular flexibility index (Phi) is 3.93. The molecule has 0 aliphatic carbocycles. The molecule has 0 aromatic heterocycles. The number of methoxy groups -OCH3 is 1. The van der Waals surface area contributed by atoms with E-state index >= 15 is 0 Å². The average molecular weight is 249 g/mol. The lowest BCUT2D eigenvalue weighted by molar-refractivity contribution is -0.0236. The standard InChI is InChI=1S/C15H23NO2/c1-4-15(17,13-8-9-16(2)11-13)12-6-5-7-14(10-12)18-3/h5-7,10,13,17H,4,8-9,11H2,1-3H3/t13-,15-/m1/s1. The zero-order valence-corrected chi connectivity index (χ0v) is 11.5. The van der Waals surface area contributed by atoms with Gasteiger partial charge in [-0.2, -0.15) is 0 Å². The predicted octanol–water partition coefficient (Wildman–Crippen LogP) is 2.24. The number of aliphatic hydroxyl groups is 1. The molecule has 2 atom stereocenters. The number of hydrogen-bond acceptors (Lipinski definition) is 3. The van der Waals surface area contributed by atoms with Gasteiger partial charge in [0.05, 0.1) is 12.7 Å². The number of benzene rings is 1. The van der Waals surface area contributed by atoms with Crippen LogP contribution in [0.25, 0.3) is 0 Å². The number of hydrogen-bond donors (Lipinski definition) is 1. The fourth-order valence-electron chi connectivity index (χ4n) is 2.95. The first-order valence-corrected chi connectivity index (χ1v) is 6.65. The molecule has 3 nitrogen and oxygen atoms in total. The molecule has 0 spiro atoms. The van der Waals surface area contributed by atoms with E-state index in [0.29, 0.717) is 5.92 Å². The van der Waals surface area contributed by atoms with Crippen LogP contribution < -0.4 is 4.74 Å². The van der Waals surface area contributed by atoms with Gasteiger partial charge < -0.3 is 14.7 Å². The van der Waals surface area contributed by atoms with Gasteiger partial charge in [0.25, 0.3) is 0 Å². The summed E-state index contributed by atoms with van der Waals surface area (Å²) in [6.07, 6.45) is 1.79. The van der Waals surface area contributed by atoms with Gasteiger partial charge in [-0.3, -0.25) is 0 Å². The lowest BCUT2D eigenvalue weighted by atomic mass is 9.78. The van der Waals surface area contributed by atoms with E-state index in [4.69, 9.17) is 4.74 Å². The van der Waals surface area contributed by atoms with Crippen molar-refractivity contribution >= 4 is 0 Å². The van der Waals surface area contributed by atoms with Crippen LogP contribution in [0, 0.1) is 5.92 Å². The summed E-state index contributed by atoms with van der Waals surface area (Å²) in [7, 11) is 3.77. The van der Waals surface area contributed by atoms with Gasteiger partial charge in [-0.25, -0.2) is 0 Å². The highest BCUT2D eigenvalue weighted by atomic mass is 16.5. The first kappa shape index (κ1) is 13.4. The lowest BCUT2D eigenvalue weighted by Crippen LogP contribution is -2.36. The van der Waals surface area contributed by atoms with E-state index in [-0.39, 0.29) is 0 Å². The van der Waals surface area contributed by atoms with Crippen LogP contribution in [-0.2, 0) is 5.60 Å². The molecule has 0 radical (unpaired) electrons. The van der Waals surface area contributed by atoms with Crippen molar-refractivity contribution in [2.45, 2.75) is 25.4 Å². The largest absolute Gasteiger partial charge is 0.497 e. The normalized spacial score (nSPS) is 23.9. The van der Waals surface area contributed by atoms with Gasteiger partial charge >= 0.3 is 0 Å². The molecule has 100 valence electrons. The Labute approximate surface area is 109 Å². The molecule has 1 N–H and O–H groups in total. The third kappa shape index (κ3) is 2.38. The number of rotatable bonds is 4. The van der Waals surface area contributed by atoms with Crippen LogP contribution in [0.4, 0.5) is 0 Å². The van der Waals surface area contributed by atoms with Crippen molar-refractivity contribution in [3.05, 3.63) is 29.8 Å². The molecule has 1 aromatic carbocycles. The van der Waals surface area contributed by atoms with E-state index in [0.717, 1.165) is 37.2 Å². The predicted molar refractivity (Wildman–Crippen MR) is 72.8 cm³/mol. The van der Waals surface area contributed by atoms with Crippen LogP contribution >= 0.6 is 0 Å². The summed E-state index contributed by atoms with van der Waals surface area (Å²) in [6.45, 7) is 4.08. The summed E-state index contributed by atoms with van der Waals surface area (Å²) >= 11 is 0. The summed E-state index contributed by atoms with van der Waals surface area (Å²) in [5.41, 5.74) is 0.240. The smallest absolute Gasteiger partial charge is 0.119 e. The van der Waals surface area contributed by atoms with Gasteiger partial charge in [0.15, 0.2) is 0 Å². The monoisotopic (exact) mass is 249 g/mol. The first-order chi connectivity index (χ1) is 8.60. The Morgan fingerprint density at radius 1 is 1.50 bits per heavy atom.